The quantitative estimate of drug-likeness (QED) is 0.809. The number of para-hydroxylation sites is 2. The van der Waals surface area contributed by atoms with Crippen LogP contribution in [0.4, 0.5) is 16.2 Å². The van der Waals surface area contributed by atoms with Crippen molar-refractivity contribution >= 4 is 39.3 Å². The standard InChI is InChI=1S/C17H18BrN3O3/c1-17(2,3)24-16(23)21-13-7-5-4-6-12(13)20-15(22)14-9-8-11(18)10-19-14/h4-10H,1-3H3,(H,20,22)(H,21,23). The maximum atomic E-state index is 12.3. The molecule has 2 rings (SSSR count). The van der Waals surface area contributed by atoms with Gasteiger partial charge in [0.15, 0.2) is 0 Å². The number of amides is 2. The molecule has 2 N–H and O–H groups in total. The molecule has 0 radical (unpaired) electrons. The first-order valence-corrected chi connectivity index (χ1v) is 8.06. The van der Waals surface area contributed by atoms with Crippen molar-refractivity contribution in [2.24, 2.45) is 0 Å². The number of ether oxygens (including phenoxy) is 1. The predicted molar refractivity (Wildman–Crippen MR) is 96.2 cm³/mol. The molecule has 0 spiro atoms. The van der Waals surface area contributed by atoms with Gasteiger partial charge in [0.25, 0.3) is 5.91 Å². The number of halogens is 1. The molecule has 7 heteroatoms. The van der Waals surface area contributed by atoms with Gasteiger partial charge in [0.1, 0.15) is 11.3 Å². The molecular formula is C17H18BrN3O3. The minimum absolute atomic E-state index is 0.269. The Bertz CT molecular complexity index is 739. The summed E-state index contributed by atoms with van der Waals surface area (Å²) >= 11 is 3.27. The summed E-state index contributed by atoms with van der Waals surface area (Å²) in [7, 11) is 0. The molecule has 2 amide bonds. The largest absolute Gasteiger partial charge is 0.444 e. The lowest BCUT2D eigenvalue weighted by Gasteiger charge is -2.20. The predicted octanol–water partition coefficient (Wildman–Crippen LogP) is 4.44. The lowest BCUT2D eigenvalue weighted by Crippen LogP contribution is -2.27. The normalized spacial score (nSPS) is 10.8. The van der Waals surface area contributed by atoms with Crippen molar-refractivity contribution in [2.75, 3.05) is 10.6 Å². The number of nitrogens with zero attached hydrogens (tertiary/aromatic N) is 1. The summed E-state index contributed by atoms with van der Waals surface area (Å²) in [6.07, 6.45) is 0.950. The Labute approximate surface area is 148 Å². The van der Waals surface area contributed by atoms with Crippen molar-refractivity contribution in [3.8, 4) is 0 Å². The van der Waals surface area contributed by atoms with Crippen molar-refractivity contribution in [3.63, 3.8) is 0 Å². The van der Waals surface area contributed by atoms with E-state index in [9.17, 15) is 9.59 Å². The highest BCUT2D eigenvalue weighted by molar-refractivity contribution is 9.10. The maximum absolute atomic E-state index is 12.3. The van der Waals surface area contributed by atoms with Crippen molar-refractivity contribution in [3.05, 3.63) is 52.8 Å². The van der Waals surface area contributed by atoms with E-state index in [2.05, 4.69) is 31.5 Å². The Morgan fingerprint density at radius 2 is 1.67 bits per heavy atom. The van der Waals surface area contributed by atoms with E-state index in [0.29, 0.717) is 11.4 Å². The van der Waals surface area contributed by atoms with Gasteiger partial charge in [-0.2, -0.15) is 0 Å². The molecule has 1 heterocycles. The second kappa shape index (κ2) is 7.44. The topological polar surface area (TPSA) is 80.3 Å². The SMILES string of the molecule is CC(C)(C)OC(=O)Nc1ccccc1NC(=O)c1ccc(Br)cn1. The molecule has 0 aliphatic carbocycles. The molecule has 0 fully saturated rings. The van der Waals surface area contributed by atoms with E-state index >= 15 is 0 Å². The van der Waals surface area contributed by atoms with Crippen LogP contribution in [0.25, 0.3) is 0 Å². The molecule has 2 aromatic rings. The van der Waals surface area contributed by atoms with Crippen molar-refractivity contribution < 1.29 is 14.3 Å². The fourth-order valence-corrected chi connectivity index (χ4v) is 2.05. The number of aromatic nitrogens is 1. The van der Waals surface area contributed by atoms with E-state index < -0.39 is 11.7 Å². The Morgan fingerprint density at radius 1 is 1.04 bits per heavy atom. The summed E-state index contributed by atoms with van der Waals surface area (Å²) in [5.41, 5.74) is 0.560. The van der Waals surface area contributed by atoms with Gasteiger partial charge < -0.3 is 10.1 Å². The zero-order valence-electron chi connectivity index (χ0n) is 13.6. The third-order valence-corrected chi connectivity index (χ3v) is 3.24. The maximum Gasteiger partial charge on any atom is 0.412 e. The first-order valence-electron chi connectivity index (χ1n) is 7.26. The average molecular weight is 392 g/mol. The number of carbonyl (C=O) groups excluding carboxylic acids is 2. The average Bonchev–Trinajstić information content (AvgIpc) is 2.48. The summed E-state index contributed by atoms with van der Waals surface area (Å²) in [6.45, 7) is 5.33. The van der Waals surface area contributed by atoms with Crippen LogP contribution >= 0.6 is 15.9 Å². The highest BCUT2D eigenvalue weighted by Gasteiger charge is 2.18. The molecule has 1 aromatic carbocycles. The Kier molecular flexibility index (Phi) is 5.56. The van der Waals surface area contributed by atoms with E-state index in [-0.39, 0.29) is 11.6 Å². The molecule has 0 saturated heterocycles. The van der Waals surface area contributed by atoms with E-state index in [1.165, 1.54) is 0 Å². The summed E-state index contributed by atoms with van der Waals surface area (Å²) in [5, 5.41) is 5.36. The van der Waals surface area contributed by atoms with Crippen LogP contribution in [0.5, 0.6) is 0 Å². The Balaban J connectivity index is 2.12. The van der Waals surface area contributed by atoms with Crippen LogP contribution < -0.4 is 10.6 Å². The van der Waals surface area contributed by atoms with Gasteiger partial charge in [-0.05, 0) is 61.0 Å². The van der Waals surface area contributed by atoms with Crippen molar-refractivity contribution in [1.82, 2.24) is 4.98 Å². The fourth-order valence-electron chi connectivity index (χ4n) is 1.81. The van der Waals surface area contributed by atoms with E-state index in [4.69, 9.17) is 4.74 Å². The molecule has 6 nitrogen and oxygen atoms in total. The molecule has 0 atom stereocenters. The van der Waals surface area contributed by atoms with Gasteiger partial charge in [-0.15, -0.1) is 0 Å². The van der Waals surface area contributed by atoms with Crippen LogP contribution in [0, 0.1) is 0 Å². The number of benzene rings is 1. The van der Waals surface area contributed by atoms with Crippen LogP contribution in [0.3, 0.4) is 0 Å². The van der Waals surface area contributed by atoms with E-state index in [1.54, 1.807) is 63.4 Å². The Hall–Kier alpha value is -2.41. The molecule has 0 aliphatic heterocycles. The number of rotatable bonds is 3. The number of hydrogen-bond donors (Lipinski definition) is 2. The summed E-state index contributed by atoms with van der Waals surface area (Å²) in [5.74, 6) is -0.374. The van der Waals surface area contributed by atoms with Gasteiger partial charge in [0.2, 0.25) is 0 Å². The molecule has 0 bridgehead atoms. The van der Waals surface area contributed by atoms with Gasteiger partial charge in [-0.1, -0.05) is 12.1 Å². The van der Waals surface area contributed by atoms with Crippen LogP contribution in [0.15, 0.2) is 47.1 Å². The van der Waals surface area contributed by atoms with Crippen LogP contribution in [-0.2, 0) is 4.74 Å². The summed E-state index contributed by atoms with van der Waals surface area (Å²) in [6, 6.07) is 10.2. The highest BCUT2D eigenvalue weighted by atomic mass is 79.9. The number of pyridine rings is 1. The number of carbonyl (C=O) groups is 2. The molecular weight excluding hydrogens is 374 g/mol. The lowest BCUT2D eigenvalue weighted by atomic mass is 10.2. The third kappa shape index (κ3) is 5.34. The van der Waals surface area contributed by atoms with Crippen LogP contribution in [0.1, 0.15) is 31.3 Å². The number of nitrogens with one attached hydrogen (secondary N) is 2. The number of hydrogen-bond acceptors (Lipinski definition) is 4. The summed E-state index contributed by atoms with van der Waals surface area (Å²) in [4.78, 5) is 28.2. The number of anilines is 2. The van der Waals surface area contributed by atoms with Gasteiger partial charge in [0, 0.05) is 10.7 Å². The molecule has 1 aromatic heterocycles. The minimum atomic E-state index is -0.608. The zero-order chi connectivity index (χ0) is 17.7. The monoisotopic (exact) mass is 391 g/mol. The summed E-state index contributed by atoms with van der Waals surface area (Å²) < 4.78 is 6.00. The van der Waals surface area contributed by atoms with Crippen molar-refractivity contribution in [2.45, 2.75) is 26.4 Å². The molecule has 0 unspecified atom stereocenters. The van der Waals surface area contributed by atoms with Gasteiger partial charge in [0.05, 0.1) is 11.4 Å². The molecule has 24 heavy (non-hydrogen) atoms. The van der Waals surface area contributed by atoms with E-state index in [1.807, 2.05) is 0 Å². The van der Waals surface area contributed by atoms with E-state index in [0.717, 1.165) is 4.47 Å². The van der Waals surface area contributed by atoms with Gasteiger partial charge >= 0.3 is 6.09 Å². The lowest BCUT2D eigenvalue weighted by molar-refractivity contribution is 0.0635. The van der Waals surface area contributed by atoms with Gasteiger partial charge in [-0.25, -0.2) is 9.78 Å². The van der Waals surface area contributed by atoms with Gasteiger partial charge in [-0.3, -0.25) is 10.1 Å². The minimum Gasteiger partial charge on any atom is -0.444 e. The second-order valence-corrected chi connectivity index (χ2v) is 6.90. The molecule has 126 valence electrons. The smallest absolute Gasteiger partial charge is 0.412 e. The first kappa shape index (κ1) is 17.9. The molecule has 0 saturated carbocycles. The third-order valence-electron chi connectivity index (χ3n) is 2.77. The second-order valence-electron chi connectivity index (χ2n) is 5.99. The van der Waals surface area contributed by atoms with Crippen molar-refractivity contribution in [1.29, 1.82) is 0 Å². The van der Waals surface area contributed by atoms with Crippen LogP contribution in [-0.4, -0.2) is 22.6 Å². The Morgan fingerprint density at radius 3 is 2.21 bits per heavy atom. The zero-order valence-corrected chi connectivity index (χ0v) is 15.2. The fraction of sp³-hybridized carbons (Fsp3) is 0.235. The molecule has 0 aliphatic rings. The highest BCUT2D eigenvalue weighted by Crippen LogP contribution is 2.22. The first-order chi connectivity index (χ1) is 11.2. The van der Waals surface area contributed by atoms with Crippen LogP contribution in [0.2, 0.25) is 0 Å².